The second-order valence-electron chi connectivity index (χ2n) is 6.52. The molecule has 1 heterocycles. The van der Waals surface area contributed by atoms with Crippen LogP contribution in [0.1, 0.15) is 48.9 Å². The molecule has 2 unspecified atom stereocenters. The van der Waals surface area contributed by atoms with E-state index in [9.17, 15) is 0 Å². The second kappa shape index (κ2) is 7.24. The fourth-order valence-corrected chi connectivity index (χ4v) is 3.11. The molecule has 1 aromatic carbocycles. The Morgan fingerprint density at radius 1 is 1.20 bits per heavy atom. The van der Waals surface area contributed by atoms with Crippen molar-refractivity contribution in [3.05, 3.63) is 34.9 Å². The molecule has 112 valence electrons. The Bertz CT molecular complexity index is 427. The van der Waals surface area contributed by atoms with Gasteiger partial charge in [-0.3, -0.25) is 0 Å². The molecule has 1 aromatic rings. The van der Waals surface area contributed by atoms with Crippen molar-refractivity contribution >= 4 is 0 Å². The third-order valence-electron chi connectivity index (χ3n) is 4.83. The SMILES string of the molecule is CNC(CN1CCCC(C)CC1)c1ccc(C)c(C)c1. The molecule has 2 nitrogen and oxygen atoms in total. The number of likely N-dealkylation sites (tertiary alicyclic amines) is 1. The molecule has 1 fully saturated rings. The van der Waals surface area contributed by atoms with Gasteiger partial charge in [-0.15, -0.1) is 0 Å². The number of nitrogens with zero attached hydrogens (tertiary/aromatic N) is 1. The first-order valence-corrected chi connectivity index (χ1v) is 8.07. The first kappa shape index (κ1) is 15.5. The minimum atomic E-state index is 0.447. The van der Waals surface area contributed by atoms with E-state index in [0.29, 0.717) is 6.04 Å². The molecule has 2 heteroatoms. The van der Waals surface area contributed by atoms with Gasteiger partial charge in [-0.25, -0.2) is 0 Å². The maximum absolute atomic E-state index is 3.50. The van der Waals surface area contributed by atoms with Crippen molar-refractivity contribution in [1.29, 1.82) is 0 Å². The average molecular weight is 274 g/mol. The molecule has 0 aromatic heterocycles. The van der Waals surface area contributed by atoms with Gasteiger partial charge in [0.1, 0.15) is 0 Å². The van der Waals surface area contributed by atoms with Gasteiger partial charge in [0.05, 0.1) is 0 Å². The normalized spacial score (nSPS) is 22.5. The zero-order valence-electron chi connectivity index (χ0n) is 13.6. The topological polar surface area (TPSA) is 15.3 Å². The standard InChI is InChI=1S/C18H30N2/c1-14-6-5-10-20(11-9-14)13-18(19-4)17-8-7-15(2)16(3)12-17/h7-8,12,14,18-19H,5-6,9-11,13H2,1-4H3. The predicted molar refractivity (Wildman–Crippen MR) is 87.2 cm³/mol. The number of likely N-dealkylation sites (N-methyl/N-ethyl adjacent to an activating group) is 1. The largest absolute Gasteiger partial charge is 0.312 e. The van der Waals surface area contributed by atoms with Crippen molar-refractivity contribution in [3.63, 3.8) is 0 Å². The summed E-state index contributed by atoms with van der Waals surface area (Å²) in [6.07, 6.45) is 4.10. The third-order valence-corrected chi connectivity index (χ3v) is 4.83. The first-order chi connectivity index (χ1) is 9.60. The van der Waals surface area contributed by atoms with Crippen LogP contribution >= 0.6 is 0 Å². The molecule has 2 atom stereocenters. The zero-order chi connectivity index (χ0) is 14.5. The summed E-state index contributed by atoms with van der Waals surface area (Å²) in [5.74, 6) is 0.898. The van der Waals surface area contributed by atoms with Gasteiger partial charge in [0.15, 0.2) is 0 Å². The van der Waals surface area contributed by atoms with E-state index < -0.39 is 0 Å². The molecule has 1 saturated heterocycles. The van der Waals surface area contributed by atoms with E-state index in [2.05, 4.69) is 56.2 Å². The highest BCUT2D eigenvalue weighted by Gasteiger charge is 2.18. The molecule has 1 aliphatic heterocycles. The van der Waals surface area contributed by atoms with Gasteiger partial charge in [0, 0.05) is 12.6 Å². The highest BCUT2D eigenvalue weighted by molar-refractivity contribution is 5.31. The van der Waals surface area contributed by atoms with Crippen molar-refractivity contribution in [1.82, 2.24) is 10.2 Å². The van der Waals surface area contributed by atoms with Gasteiger partial charge >= 0.3 is 0 Å². The summed E-state index contributed by atoms with van der Waals surface area (Å²) in [6, 6.07) is 7.32. The van der Waals surface area contributed by atoms with Crippen molar-refractivity contribution in [3.8, 4) is 0 Å². The molecule has 2 rings (SSSR count). The lowest BCUT2D eigenvalue weighted by molar-refractivity contribution is 0.253. The van der Waals surface area contributed by atoms with Crippen LogP contribution in [0.3, 0.4) is 0 Å². The lowest BCUT2D eigenvalue weighted by Crippen LogP contribution is -2.34. The van der Waals surface area contributed by atoms with Gasteiger partial charge in [0.25, 0.3) is 0 Å². The van der Waals surface area contributed by atoms with Crippen LogP contribution in [-0.2, 0) is 0 Å². The molecular formula is C18H30N2. The second-order valence-corrected chi connectivity index (χ2v) is 6.52. The molecule has 0 spiro atoms. The van der Waals surface area contributed by atoms with Crippen molar-refractivity contribution in [2.45, 2.75) is 46.1 Å². The predicted octanol–water partition coefficient (Wildman–Crippen LogP) is 3.69. The van der Waals surface area contributed by atoms with Crippen molar-refractivity contribution in [2.24, 2.45) is 5.92 Å². The molecule has 0 radical (unpaired) electrons. The lowest BCUT2D eigenvalue weighted by Gasteiger charge is -2.27. The molecule has 20 heavy (non-hydrogen) atoms. The van der Waals surface area contributed by atoms with Crippen molar-refractivity contribution < 1.29 is 0 Å². The molecular weight excluding hydrogens is 244 g/mol. The summed E-state index contributed by atoms with van der Waals surface area (Å²) in [6.45, 7) is 10.4. The Kier molecular flexibility index (Phi) is 5.62. The Labute approximate surface area is 124 Å². The Balaban J connectivity index is 2.02. The Morgan fingerprint density at radius 3 is 2.70 bits per heavy atom. The number of rotatable bonds is 4. The Hall–Kier alpha value is -0.860. The summed E-state index contributed by atoms with van der Waals surface area (Å²) in [5.41, 5.74) is 4.20. The number of nitrogens with one attached hydrogen (secondary N) is 1. The Morgan fingerprint density at radius 2 is 2.00 bits per heavy atom. The molecule has 0 saturated carbocycles. The molecule has 0 amide bonds. The highest BCUT2D eigenvalue weighted by atomic mass is 15.1. The minimum Gasteiger partial charge on any atom is -0.312 e. The maximum Gasteiger partial charge on any atom is 0.0446 e. The van der Waals surface area contributed by atoms with Gasteiger partial charge in [-0.1, -0.05) is 25.1 Å². The average Bonchev–Trinajstić information content (AvgIpc) is 2.64. The number of hydrogen-bond donors (Lipinski definition) is 1. The maximum atomic E-state index is 3.50. The smallest absolute Gasteiger partial charge is 0.0446 e. The van der Waals surface area contributed by atoms with Crippen LogP contribution in [0, 0.1) is 19.8 Å². The van der Waals surface area contributed by atoms with E-state index >= 15 is 0 Å². The number of aryl methyl sites for hydroxylation is 2. The van der Waals surface area contributed by atoms with Crippen LogP contribution in [-0.4, -0.2) is 31.6 Å². The van der Waals surface area contributed by atoms with E-state index in [0.717, 1.165) is 12.5 Å². The van der Waals surface area contributed by atoms with Crippen LogP contribution in [0.5, 0.6) is 0 Å². The van der Waals surface area contributed by atoms with E-state index in [-0.39, 0.29) is 0 Å². The van der Waals surface area contributed by atoms with Crippen LogP contribution in [0.2, 0.25) is 0 Å². The van der Waals surface area contributed by atoms with E-state index in [1.165, 1.54) is 49.0 Å². The van der Waals surface area contributed by atoms with Gasteiger partial charge in [-0.05, 0) is 75.9 Å². The van der Waals surface area contributed by atoms with Crippen LogP contribution in [0.25, 0.3) is 0 Å². The minimum absolute atomic E-state index is 0.447. The molecule has 0 bridgehead atoms. The van der Waals surface area contributed by atoms with E-state index in [4.69, 9.17) is 0 Å². The fraction of sp³-hybridized carbons (Fsp3) is 0.667. The lowest BCUT2D eigenvalue weighted by atomic mass is 10.0. The summed E-state index contributed by atoms with van der Waals surface area (Å²) in [5, 5.41) is 3.50. The van der Waals surface area contributed by atoms with E-state index in [1.807, 2.05) is 0 Å². The first-order valence-electron chi connectivity index (χ1n) is 8.07. The quantitative estimate of drug-likeness (QED) is 0.901. The molecule has 0 aliphatic carbocycles. The summed E-state index contributed by atoms with van der Waals surface area (Å²) < 4.78 is 0. The van der Waals surface area contributed by atoms with Gasteiger partial charge in [0.2, 0.25) is 0 Å². The van der Waals surface area contributed by atoms with Crippen LogP contribution in [0.4, 0.5) is 0 Å². The highest BCUT2D eigenvalue weighted by Crippen LogP contribution is 2.21. The third kappa shape index (κ3) is 4.07. The van der Waals surface area contributed by atoms with Crippen LogP contribution < -0.4 is 5.32 Å². The summed E-state index contributed by atoms with van der Waals surface area (Å²) in [4.78, 5) is 2.64. The fourth-order valence-electron chi connectivity index (χ4n) is 3.11. The van der Waals surface area contributed by atoms with Gasteiger partial charge < -0.3 is 10.2 Å². The molecule has 1 N–H and O–H groups in total. The summed E-state index contributed by atoms with van der Waals surface area (Å²) in [7, 11) is 2.08. The number of benzene rings is 1. The monoisotopic (exact) mass is 274 g/mol. The van der Waals surface area contributed by atoms with Crippen LogP contribution in [0.15, 0.2) is 18.2 Å². The molecule has 1 aliphatic rings. The zero-order valence-corrected chi connectivity index (χ0v) is 13.6. The van der Waals surface area contributed by atoms with E-state index in [1.54, 1.807) is 0 Å². The summed E-state index contributed by atoms with van der Waals surface area (Å²) >= 11 is 0. The number of hydrogen-bond acceptors (Lipinski definition) is 2. The van der Waals surface area contributed by atoms with Gasteiger partial charge in [-0.2, -0.15) is 0 Å². The van der Waals surface area contributed by atoms with Crippen molar-refractivity contribution in [2.75, 3.05) is 26.7 Å².